The van der Waals surface area contributed by atoms with Crippen LogP contribution in [-0.4, -0.2) is 146 Å². The quantitative estimate of drug-likeness (QED) is 0.0469. The summed E-state index contributed by atoms with van der Waals surface area (Å²) in [6.07, 6.45) is 4.23. The summed E-state index contributed by atoms with van der Waals surface area (Å²) in [6.45, 7) is 16.2. The van der Waals surface area contributed by atoms with Crippen LogP contribution in [0.1, 0.15) is 99.1 Å². The number of nitrogens with zero attached hydrogens (tertiary/aromatic N) is 4. The lowest BCUT2D eigenvalue weighted by molar-refractivity contribution is -0.385. The van der Waals surface area contributed by atoms with E-state index in [0.29, 0.717) is 12.2 Å². The molecule has 2 fully saturated rings. The highest BCUT2D eigenvalue weighted by Gasteiger charge is 2.43. The zero-order chi connectivity index (χ0) is 56.5. The smallest absolute Gasteiger partial charge is 0.310 e. The van der Waals surface area contributed by atoms with E-state index in [1.807, 2.05) is 58.2 Å². The molecule has 2 aromatic carbocycles. The van der Waals surface area contributed by atoms with Gasteiger partial charge in [0.15, 0.2) is 5.75 Å². The fraction of sp³-hybridized carbons (Fsp3) is 0.556. The second-order valence-corrected chi connectivity index (χ2v) is 21.4. The third-order valence-corrected chi connectivity index (χ3v) is 14.1. The molecule has 7 amide bonds. The largest absolute Gasteiger partial charge is 0.502 e. The molecule has 414 valence electrons. The zero-order valence-electron chi connectivity index (χ0n) is 45.2. The maximum absolute atomic E-state index is 15.3. The first-order chi connectivity index (χ1) is 35.7. The summed E-state index contributed by atoms with van der Waals surface area (Å²) in [6, 6.07) is 1.09. The number of aromatic nitrogens is 1. The number of hydrogen-bond donors (Lipinski definition) is 7. The number of fused-ring (bicyclic) bond motifs is 1. The van der Waals surface area contributed by atoms with Crippen LogP contribution in [0.25, 0.3) is 10.9 Å². The van der Waals surface area contributed by atoms with Crippen molar-refractivity contribution >= 4 is 63.9 Å². The number of nitro groups is 1. The summed E-state index contributed by atoms with van der Waals surface area (Å²) in [5, 5.41) is 46.5. The predicted octanol–water partition coefficient (Wildman–Crippen LogP) is 3.45. The lowest BCUT2D eigenvalue weighted by atomic mass is 9.97. The summed E-state index contributed by atoms with van der Waals surface area (Å²) in [4.78, 5) is 128. The van der Waals surface area contributed by atoms with Gasteiger partial charge in [0, 0.05) is 50.1 Å². The molecule has 22 heteroatoms. The van der Waals surface area contributed by atoms with Gasteiger partial charge in [-0.25, -0.2) is 0 Å². The highest BCUT2D eigenvalue weighted by atomic mass is 16.6. The molecule has 7 N–H and O–H groups in total. The van der Waals surface area contributed by atoms with Crippen LogP contribution in [-0.2, 0) is 61.5 Å². The van der Waals surface area contributed by atoms with Crippen LogP contribution in [0, 0.1) is 27.9 Å². The van der Waals surface area contributed by atoms with Gasteiger partial charge in [0.1, 0.15) is 48.4 Å². The van der Waals surface area contributed by atoms with Crippen LogP contribution in [0.3, 0.4) is 0 Å². The molecule has 2 saturated heterocycles. The predicted molar refractivity (Wildman–Crippen MR) is 281 cm³/mol. The van der Waals surface area contributed by atoms with E-state index in [1.165, 1.54) is 38.9 Å². The molecule has 3 aromatic rings. The maximum Gasteiger partial charge on any atom is 0.310 e. The topological polar surface area (TPSA) is 304 Å². The van der Waals surface area contributed by atoms with E-state index in [-0.39, 0.29) is 49.2 Å². The molecule has 0 bridgehead atoms. The Balaban J connectivity index is 1.70. The standard InChI is InChI=1S/C54H75N9O13/c1-12-13-17-36-46(65)59-39(26-34-27-62(54(8,9)45-28-76-45)40-18-15-14-16-35(34)40)52(71)61(11)42(22-30(4)5)49(68)58-38(24-33-19-20-44(64)41(25-33)63(74)75)47(66)55-32(7)51(70)60(10)43(23-31(6)53(72)73)50(69)57-37(21-29(2)3)48(67)56-36/h12-16,18-20,25,27,29-32,36-39,42-43,45,64H,17,21-24,26,28H2,1-11H3,(H,55,66)(H,56,67)(H,57,69)(H,58,68)(H,59,65)(H,72,73)/b13-12+/t31-,32-,36-,37-,38-,39-,42-,43-,45+/m0/s1. The molecule has 0 saturated carbocycles. The Morgan fingerprint density at radius 2 is 1.33 bits per heavy atom. The highest BCUT2D eigenvalue weighted by molar-refractivity contribution is 5.99. The highest BCUT2D eigenvalue weighted by Crippen LogP contribution is 2.36. The Morgan fingerprint density at radius 3 is 1.92 bits per heavy atom. The van der Waals surface area contributed by atoms with Crippen molar-refractivity contribution in [1.29, 1.82) is 0 Å². The van der Waals surface area contributed by atoms with Crippen molar-refractivity contribution in [3.05, 3.63) is 82.1 Å². The van der Waals surface area contributed by atoms with Gasteiger partial charge in [-0.3, -0.25) is 48.5 Å². The molecule has 1 aromatic heterocycles. The number of hydrogen-bond acceptors (Lipinski definition) is 12. The molecule has 5 rings (SSSR count). The number of nitro benzene ring substituents is 1. The van der Waals surface area contributed by atoms with Gasteiger partial charge in [-0.05, 0) is 88.5 Å². The van der Waals surface area contributed by atoms with E-state index in [4.69, 9.17) is 4.74 Å². The third kappa shape index (κ3) is 14.7. The van der Waals surface area contributed by atoms with Gasteiger partial charge >= 0.3 is 11.7 Å². The van der Waals surface area contributed by atoms with Gasteiger partial charge in [0.05, 0.1) is 23.0 Å². The number of carboxylic acid groups (broad SMARTS) is 1. The molecule has 3 heterocycles. The maximum atomic E-state index is 15.3. The van der Waals surface area contributed by atoms with E-state index in [1.54, 1.807) is 32.9 Å². The number of phenols is 1. The number of ether oxygens (including phenoxy) is 1. The number of carboxylic acids is 1. The summed E-state index contributed by atoms with van der Waals surface area (Å²) in [5.74, 6) is -9.38. The lowest BCUT2D eigenvalue weighted by Gasteiger charge is -2.33. The summed E-state index contributed by atoms with van der Waals surface area (Å²) in [7, 11) is 2.64. The average Bonchev–Trinajstić information content (AvgIpc) is 4.16. The summed E-state index contributed by atoms with van der Waals surface area (Å²) < 4.78 is 7.81. The molecule has 0 spiro atoms. The zero-order valence-corrected chi connectivity index (χ0v) is 45.2. The molecule has 9 atom stereocenters. The number of benzene rings is 2. The van der Waals surface area contributed by atoms with Crippen molar-refractivity contribution in [2.45, 2.75) is 155 Å². The minimum atomic E-state index is -1.59. The molecule has 76 heavy (non-hydrogen) atoms. The Labute approximate surface area is 442 Å². The number of epoxide rings is 1. The van der Waals surface area contributed by atoms with Crippen LogP contribution in [0.4, 0.5) is 5.69 Å². The number of phenolic OH excluding ortho intramolecular Hbond substituents is 1. The molecular formula is C54H75N9O13. The summed E-state index contributed by atoms with van der Waals surface area (Å²) >= 11 is 0. The fourth-order valence-electron chi connectivity index (χ4n) is 9.49. The number of allylic oxidation sites excluding steroid dienone is 1. The van der Waals surface area contributed by atoms with Crippen molar-refractivity contribution in [2.24, 2.45) is 17.8 Å². The number of aliphatic carboxylic acids is 1. The van der Waals surface area contributed by atoms with E-state index in [0.717, 1.165) is 27.9 Å². The van der Waals surface area contributed by atoms with Crippen LogP contribution in [0.2, 0.25) is 0 Å². The SMILES string of the molecule is C/C=C/C[C@@H]1NC(=O)[C@H](CC(C)C)NC(=O)[C@H](C[C@H](C)C(=O)O)N(C)C(=O)[C@H](C)NC(=O)[C@H](Cc2ccc(O)c([N+](=O)[O-])c2)NC(=O)[C@H](CC(C)C)N(C)C(=O)[C@H](Cc2cn(C(C)(C)[C@H]3CO3)c3ccccc23)NC1=O. The van der Waals surface area contributed by atoms with Crippen LogP contribution in [0.5, 0.6) is 5.75 Å². The van der Waals surface area contributed by atoms with E-state index in [2.05, 4.69) is 31.2 Å². The van der Waals surface area contributed by atoms with Crippen molar-refractivity contribution in [2.75, 3.05) is 20.7 Å². The van der Waals surface area contributed by atoms with Crippen LogP contribution >= 0.6 is 0 Å². The minimum absolute atomic E-state index is 0.0384. The lowest BCUT2D eigenvalue weighted by Crippen LogP contribution is -2.60. The van der Waals surface area contributed by atoms with E-state index >= 15 is 4.79 Å². The van der Waals surface area contributed by atoms with Gasteiger partial charge < -0.3 is 55.9 Å². The number of likely N-dealkylation sites (N-methyl/N-ethyl adjacent to an activating group) is 2. The Kier molecular flexibility index (Phi) is 19.9. The Bertz CT molecular complexity index is 2700. The molecule has 2 aliphatic heterocycles. The number of rotatable bonds is 16. The molecule has 22 nitrogen and oxygen atoms in total. The van der Waals surface area contributed by atoms with Gasteiger partial charge in [0.2, 0.25) is 41.4 Å². The van der Waals surface area contributed by atoms with Crippen molar-refractivity contribution in [1.82, 2.24) is 41.0 Å². The second-order valence-electron chi connectivity index (χ2n) is 21.4. The van der Waals surface area contributed by atoms with Gasteiger partial charge in [-0.15, -0.1) is 0 Å². The molecule has 2 aliphatic rings. The minimum Gasteiger partial charge on any atom is -0.502 e. The first kappa shape index (κ1) is 59.5. The number of carbonyl (C=O) groups is 8. The van der Waals surface area contributed by atoms with Crippen LogP contribution in [0.15, 0.2) is 60.8 Å². The van der Waals surface area contributed by atoms with E-state index < -0.39 is 130 Å². The number of carbonyl (C=O) groups excluding carboxylic acids is 7. The van der Waals surface area contributed by atoms with Crippen molar-refractivity contribution in [3.8, 4) is 5.75 Å². The van der Waals surface area contributed by atoms with Crippen molar-refractivity contribution < 1.29 is 58.2 Å². The summed E-state index contributed by atoms with van der Waals surface area (Å²) in [5.41, 5.74) is 0.429. The number of para-hydroxylation sites is 1. The first-order valence-electron chi connectivity index (χ1n) is 25.7. The van der Waals surface area contributed by atoms with E-state index in [9.17, 15) is 53.9 Å². The van der Waals surface area contributed by atoms with Crippen molar-refractivity contribution in [3.63, 3.8) is 0 Å². The second kappa shape index (κ2) is 25.5. The fourth-order valence-corrected chi connectivity index (χ4v) is 9.49. The Morgan fingerprint density at radius 1 is 0.776 bits per heavy atom. The molecule has 0 radical (unpaired) electrons. The average molecular weight is 1060 g/mol. The first-order valence-corrected chi connectivity index (χ1v) is 25.7. The van der Waals surface area contributed by atoms with Gasteiger partial charge in [-0.1, -0.05) is 71.0 Å². The molecule has 0 aliphatic carbocycles. The normalized spacial score (nSPS) is 24.5. The Hall–Kier alpha value is -7.36. The monoisotopic (exact) mass is 1060 g/mol. The number of amides is 7. The molecule has 0 unspecified atom stereocenters. The number of nitrogens with one attached hydrogen (secondary N) is 5. The van der Waals surface area contributed by atoms with Crippen LogP contribution < -0.4 is 26.6 Å². The van der Waals surface area contributed by atoms with Gasteiger partial charge in [0.25, 0.3) is 0 Å². The van der Waals surface area contributed by atoms with Gasteiger partial charge in [-0.2, -0.15) is 0 Å². The number of aromatic hydroxyl groups is 1. The third-order valence-electron chi connectivity index (χ3n) is 14.1. The molecular weight excluding hydrogens is 983 g/mol.